The predicted molar refractivity (Wildman–Crippen MR) is 73.1 cm³/mol. The van der Waals surface area contributed by atoms with Crippen molar-refractivity contribution in [2.24, 2.45) is 5.73 Å². The Hall–Kier alpha value is -0.920. The van der Waals surface area contributed by atoms with Gasteiger partial charge in [-0.2, -0.15) is 4.31 Å². The molecular weight excluding hydrogens is 264 g/mol. The summed E-state index contributed by atoms with van der Waals surface area (Å²) in [5, 5.41) is 0.108. The molecule has 19 heavy (non-hydrogen) atoms. The molecule has 6 nitrogen and oxygen atoms in total. The average Bonchev–Trinajstić information content (AvgIpc) is 3.07. The van der Waals surface area contributed by atoms with E-state index in [1.54, 1.807) is 24.1 Å². The molecule has 108 valence electrons. The van der Waals surface area contributed by atoms with Crippen LogP contribution in [-0.2, 0) is 16.6 Å². The molecule has 1 aliphatic carbocycles. The summed E-state index contributed by atoms with van der Waals surface area (Å²) in [6.07, 6.45) is 6.83. The van der Waals surface area contributed by atoms with E-state index in [2.05, 4.69) is 4.98 Å². The van der Waals surface area contributed by atoms with E-state index in [-0.39, 0.29) is 5.03 Å². The van der Waals surface area contributed by atoms with Crippen LogP contribution in [0.25, 0.3) is 0 Å². The summed E-state index contributed by atoms with van der Waals surface area (Å²) < 4.78 is 28.4. The lowest BCUT2D eigenvalue weighted by atomic mass is 9.98. The maximum atomic E-state index is 12.6. The van der Waals surface area contributed by atoms with Crippen molar-refractivity contribution in [2.75, 3.05) is 13.6 Å². The van der Waals surface area contributed by atoms with Crippen LogP contribution in [-0.4, -0.2) is 41.4 Å². The Balaban J connectivity index is 2.33. The first-order chi connectivity index (χ1) is 8.96. The van der Waals surface area contributed by atoms with Gasteiger partial charge < -0.3 is 10.3 Å². The van der Waals surface area contributed by atoms with Crippen molar-refractivity contribution >= 4 is 10.0 Å². The first-order valence-electron chi connectivity index (χ1n) is 6.67. The number of imidazole rings is 1. The molecule has 0 unspecified atom stereocenters. The molecule has 0 spiro atoms. The molecule has 1 saturated carbocycles. The number of likely N-dealkylation sites (N-methyl/N-ethyl adjacent to an activating group) is 1. The fourth-order valence-corrected chi connectivity index (χ4v) is 4.22. The summed E-state index contributed by atoms with van der Waals surface area (Å²) in [6, 6.07) is 0. The van der Waals surface area contributed by atoms with Gasteiger partial charge in [-0.25, -0.2) is 13.4 Å². The minimum Gasteiger partial charge on any atom is -0.336 e. The summed E-state index contributed by atoms with van der Waals surface area (Å²) in [5.74, 6) is 0. The lowest BCUT2D eigenvalue weighted by molar-refractivity contribution is 0.230. The van der Waals surface area contributed by atoms with E-state index in [0.29, 0.717) is 13.1 Å². The maximum absolute atomic E-state index is 12.6. The van der Waals surface area contributed by atoms with Crippen LogP contribution in [0.4, 0.5) is 0 Å². The van der Waals surface area contributed by atoms with Crippen molar-refractivity contribution in [1.29, 1.82) is 0 Å². The summed E-state index contributed by atoms with van der Waals surface area (Å²) in [4.78, 5) is 4.01. The Kier molecular flexibility index (Phi) is 3.98. The zero-order valence-corrected chi connectivity index (χ0v) is 12.4. The fraction of sp³-hybridized carbons (Fsp3) is 0.750. The first kappa shape index (κ1) is 14.5. The van der Waals surface area contributed by atoms with Crippen molar-refractivity contribution in [1.82, 2.24) is 13.9 Å². The highest BCUT2D eigenvalue weighted by Crippen LogP contribution is 2.36. The second-order valence-corrected chi connectivity index (χ2v) is 7.07. The molecule has 2 N–H and O–H groups in total. The molecule has 0 amide bonds. The van der Waals surface area contributed by atoms with Gasteiger partial charge in [-0.15, -0.1) is 0 Å². The van der Waals surface area contributed by atoms with Gasteiger partial charge in [-0.1, -0.05) is 12.8 Å². The van der Waals surface area contributed by atoms with Crippen LogP contribution in [0.5, 0.6) is 0 Å². The SMILES string of the molecule is CCn1cnc(S(=O)(=O)N(C)C2(CN)CCCC2)c1. The van der Waals surface area contributed by atoms with E-state index in [1.165, 1.54) is 4.31 Å². The highest BCUT2D eigenvalue weighted by Gasteiger charge is 2.43. The minimum absolute atomic E-state index is 0.108. The molecule has 0 aromatic carbocycles. The monoisotopic (exact) mass is 286 g/mol. The highest BCUT2D eigenvalue weighted by molar-refractivity contribution is 7.89. The molecule has 2 rings (SSSR count). The number of nitrogens with two attached hydrogens (primary N) is 1. The Morgan fingerprint density at radius 2 is 2.11 bits per heavy atom. The second kappa shape index (κ2) is 5.22. The summed E-state index contributed by atoms with van der Waals surface area (Å²) in [5.41, 5.74) is 5.41. The van der Waals surface area contributed by atoms with Crippen molar-refractivity contribution in [2.45, 2.75) is 49.7 Å². The Labute approximate surface area is 114 Å². The van der Waals surface area contributed by atoms with Crippen molar-refractivity contribution in [3.05, 3.63) is 12.5 Å². The predicted octanol–water partition coefficient (Wildman–Crippen LogP) is 0.795. The normalized spacial score (nSPS) is 19.2. The topological polar surface area (TPSA) is 81.2 Å². The van der Waals surface area contributed by atoms with Gasteiger partial charge in [-0.3, -0.25) is 0 Å². The molecule has 0 bridgehead atoms. The number of aromatic nitrogens is 2. The average molecular weight is 286 g/mol. The largest absolute Gasteiger partial charge is 0.336 e. The molecule has 1 aromatic rings. The Bertz CT molecular complexity index is 532. The van der Waals surface area contributed by atoms with Crippen LogP contribution >= 0.6 is 0 Å². The number of hydrogen-bond donors (Lipinski definition) is 1. The summed E-state index contributed by atoms with van der Waals surface area (Å²) >= 11 is 0. The molecule has 0 saturated heterocycles. The van der Waals surface area contributed by atoms with Crippen molar-refractivity contribution in [3.63, 3.8) is 0 Å². The molecule has 7 heteroatoms. The van der Waals surface area contributed by atoms with E-state index in [0.717, 1.165) is 25.7 Å². The standard InChI is InChI=1S/C12H22N4O2S/c1-3-16-8-11(14-10-16)19(17,18)15(2)12(9-13)6-4-5-7-12/h8,10H,3-7,9,13H2,1-2H3. The highest BCUT2D eigenvalue weighted by atomic mass is 32.2. The Morgan fingerprint density at radius 3 is 2.58 bits per heavy atom. The van der Waals surface area contributed by atoms with Crippen LogP contribution in [0.3, 0.4) is 0 Å². The quantitative estimate of drug-likeness (QED) is 0.868. The maximum Gasteiger partial charge on any atom is 0.262 e. The first-order valence-corrected chi connectivity index (χ1v) is 8.11. The smallest absolute Gasteiger partial charge is 0.262 e. The van der Waals surface area contributed by atoms with Crippen LogP contribution in [0.15, 0.2) is 17.6 Å². The van der Waals surface area contributed by atoms with Gasteiger partial charge in [0.25, 0.3) is 10.0 Å². The van der Waals surface area contributed by atoms with E-state index >= 15 is 0 Å². The molecule has 1 heterocycles. The lowest BCUT2D eigenvalue weighted by Gasteiger charge is -2.36. The van der Waals surface area contributed by atoms with Crippen LogP contribution in [0, 0.1) is 0 Å². The molecule has 1 aliphatic rings. The third kappa shape index (κ3) is 2.42. The second-order valence-electron chi connectivity index (χ2n) is 5.15. The van der Waals surface area contributed by atoms with E-state index < -0.39 is 15.6 Å². The molecule has 1 aromatic heterocycles. The fourth-order valence-electron chi connectivity index (χ4n) is 2.72. The summed E-state index contributed by atoms with van der Waals surface area (Å²) in [7, 11) is -1.94. The number of sulfonamides is 1. The van der Waals surface area contributed by atoms with E-state index in [1.807, 2.05) is 6.92 Å². The molecule has 0 radical (unpaired) electrons. The van der Waals surface area contributed by atoms with Gasteiger partial charge in [0.1, 0.15) is 0 Å². The van der Waals surface area contributed by atoms with Crippen LogP contribution in [0.1, 0.15) is 32.6 Å². The van der Waals surface area contributed by atoms with Crippen LogP contribution < -0.4 is 5.73 Å². The lowest BCUT2D eigenvalue weighted by Crippen LogP contribution is -2.52. The van der Waals surface area contributed by atoms with Gasteiger partial charge in [0.2, 0.25) is 0 Å². The summed E-state index contributed by atoms with van der Waals surface area (Å²) in [6.45, 7) is 3.01. The zero-order chi connectivity index (χ0) is 14.1. The molecular formula is C12H22N4O2S. The number of aryl methyl sites for hydroxylation is 1. The molecule has 0 atom stereocenters. The van der Waals surface area contributed by atoms with E-state index in [4.69, 9.17) is 5.73 Å². The van der Waals surface area contributed by atoms with Gasteiger partial charge >= 0.3 is 0 Å². The Morgan fingerprint density at radius 1 is 1.47 bits per heavy atom. The van der Waals surface area contributed by atoms with Crippen molar-refractivity contribution in [3.8, 4) is 0 Å². The van der Waals surface area contributed by atoms with Gasteiger partial charge in [0, 0.05) is 31.9 Å². The van der Waals surface area contributed by atoms with Gasteiger partial charge in [0.05, 0.1) is 6.33 Å². The van der Waals surface area contributed by atoms with Gasteiger partial charge in [-0.05, 0) is 19.8 Å². The minimum atomic E-state index is -3.56. The van der Waals surface area contributed by atoms with E-state index in [9.17, 15) is 8.42 Å². The zero-order valence-electron chi connectivity index (χ0n) is 11.5. The molecule has 1 fully saturated rings. The molecule has 0 aliphatic heterocycles. The third-order valence-corrected chi connectivity index (χ3v) is 6.03. The number of hydrogen-bond acceptors (Lipinski definition) is 4. The number of rotatable bonds is 5. The number of nitrogens with zero attached hydrogens (tertiary/aromatic N) is 3. The third-order valence-electron chi connectivity index (χ3n) is 4.18. The van der Waals surface area contributed by atoms with Crippen molar-refractivity contribution < 1.29 is 8.42 Å². The van der Waals surface area contributed by atoms with Gasteiger partial charge in [0.15, 0.2) is 5.03 Å². The van der Waals surface area contributed by atoms with Crippen LogP contribution in [0.2, 0.25) is 0 Å².